The fraction of sp³-hybridized carbons (Fsp3) is 0.714. The van der Waals surface area contributed by atoms with Gasteiger partial charge in [0.1, 0.15) is 0 Å². The molecule has 10 heavy (non-hydrogen) atoms. The van der Waals surface area contributed by atoms with Crippen LogP contribution in [0.3, 0.4) is 0 Å². The van der Waals surface area contributed by atoms with Crippen molar-refractivity contribution in [3.05, 3.63) is 12.7 Å². The minimum absolute atomic E-state index is 0. The molecule has 0 radical (unpaired) electrons. The van der Waals surface area contributed by atoms with Crippen LogP contribution in [-0.4, -0.2) is 39.2 Å². The Morgan fingerprint density at radius 3 is 1.40 bits per heavy atom. The molecule has 0 aliphatic heterocycles. The SMILES string of the molecule is C=CCN.C[N+](C)(C)C.[Cl-]. The van der Waals surface area contributed by atoms with Crippen LogP contribution < -0.4 is 18.1 Å². The predicted octanol–water partition coefficient (Wildman–Crippen LogP) is -2.54. The highest BCUT2D eigenvalue weighted by Crippen LogP contribution is 1.73. The standard InChI is InChI=1S/C4H12N.C3H7N.ClH/c1-5(2,3)4;1-2-3-4;/h1-4H3;2H,1,3-4H2;1H/q+1;;/p-1. The summed E-state index contributed by atoms with van der Waals surface area (Å²) >= 11 is 0. The van der Waals surface area contributed by atoms with Gasteiger partial charge in [-0.15, -0.1) is 6.58 Å². The molecule has 0 aliphatic rings. The summed E-state index contributed by atoms with van der Waals surface area (Å²) in [5.74, 6) is 0. The van der Waals surface area contributed by atoms with Gasteiger partial charge >= 0.3 is 0 Å². The average Bonchev–Trinajstić information content (AvgIpc) is 1.61. The molecule has 0 aromatic rings. The third kappa shape index (κ3) is 425. The maximum atomic E-state index is 4.91. The molecule has 0 fully saturated rings. The Labute approximate surface area is 70.7 Å². The molecule has 64 valence electrons. The summed E-state index contributed by atoms with van der Waals surface area (Å²) in [6, 6.07) is 0. The van der Waals surface area contributed by atoms with Crippen LogP contribution in [0.5, 0.6) is 0 Å². The van der Waals surface area contributed by atoms with Gasteiger partial charge in [0.05, 0.1) is 28.2 Å². The van der Waals surface area contributed by atoms with E-state index in [1.807, 2.05) is 0 Å². The van der Waals surface area contributed by atoms with Gasteiger partial charge in [0.25, 0.3) is 0 Å². The molecule has 3 heteroatoms. The Morgan fingerprint density at radius 2 is 1.40 bits per heavy atom. The second-order valence-corrected chi connectivity index (χ2v) is 3.21. The van der Waals surface area contributed by atoms with Gasteiger partial charge in [0, 0.05) is 6.54 Å². The van der Waals surface area contributed by atoms with Crippen LogP contribution in [0.15, 0.2) is 12.7 Å². The highest BCUT2D eigenvalue weighted by Gasteiger charge is 1.88. The number of hydrogen-bond donors (Lipinski definition) is 1. The summed E-state index contributed by atoms with van der Waals surface area (Å²) in [5.41, 5.74) is 4.91. The van der Waals surface area contributed by atoms with Crippen molar-refractivity contribution < 1.29 is 16.9 Å². The third-order valence-electron chi connectivity index (χ3n) is 0.167. The second-order valence-electron chi connectivity index (χ2n) is 3.21. The first-order chi connectivity index (χ1) is 3.91. The monoisotopic (exact) mass is 166 g/mol. The molecule has 0 saturated heterocycles. The van der Waals surface area contributed by atoms with Crippen molar-refractivity contribution in [3.8, 4) is 0 Å². The van der Waals surface area contributed by atoms with Gasteiger partial charge < -0.3 is 22.6 Å². The lowest BCUT2D eigenvalue weighted by Crippen LogP contribution is -3.00. The van der Waals surface area contributed by atoms with E-state index in [9.17, 15) is 0 Å². The third-order valence-corrected chi connectivity index (χ3v) is 0.167. The van der Waals surface area contributed by atoms with Gasteiger partial charge in [-0.05, 0) is 0 Å². The molecule has 0 aliphatic carbocycles. The minimum Gasteiger partial charge on any atom is -1.00 e. The highest BCUT2D eigenvalue weighted by molar-refractivity contribution is 4.64. The molecule has 0 atom stereocenters. The van der Waals surface area contributed by atoms with Gasteiger partial charge in [-0.3, -0.25) is 0 Å². The summed E-state index contributed by atoms with van der Waals surface area (Å²) in [5, 5.41) is 0. The quantitative estimate of drug-likeness (QED) is 0.337. The average molecular weight is 167 g/mol. The Kier molecular flexibility index (Phi) is 14.8. The first-order valence-electron chi connectivity index (χ1n) is 3.01. The van der Waals surface area contributed by atoms with E-state index in [2.05, 4.69) is 34.8 Å². The van der Waals surface area contributed by atoms with E-state index in [1.165, 1.54) is 0 Å². The second kappa shape index (κ2) is 8.95. The van der Waals surface area contributed by atoms with Gasteiger partial charge in [-0.25, -0.2) is 0 Å². The zero-order chi connectivity index (χ0) is 7.91. The van der Waals surface area contributed by atoms with Gasteiger partial charge in [-0.1, -0.05) is 6.08 Å². The smallest absolute Gasteiger partial charge is 0.0675 e. The zero-order valence-electron chi connectivity index (χ0n) is 7.39. The van der Waals surface area contributed by atoms with Crippen LogP contribution in [0.2, 0.25) is 0 Å². The van der Waals surface area contributed by atoms with Crippen molar-refractivity contribution in [2.24, 2.45) is 5.73 Å². The molecule has 0 aromatic heterocycles. The Balaban J connectivity index is -0.0000000910. The summed E-state index contributed by atoms with van der Waals surface area (Å²) < 4.78 is 1.00. The van der Waals surface area contributed by atoms with Crippen LogP contribution in [0.4, 0.5) is 0 Å². The fourth-order valence-electron chi connectivity index (χ4n) is 0. The molecule has 0 spiro atoms. The molecular formula is C7H19ClN2. The van der Waals surface area contributed by atoms with E-state index in [-0.39, 0.29) is 12.4 Å². The first kappa shape index (κ1) is 16.5. The molecule has 0 amide bonds. The van der Waals surface area contributed by atoms with Crippen molar-refractivity contribution in [2.45, 2.75) is 0 Å². The summed E-state index contributed by atoms with van der Waals surface area (Å²) in [6.45, 7) is 3.94. The van der Waals surface area contributed by atoms with E-state index in [1.54, 1.807) is 6.08 Å². The zero-order valence-corrected chi connectivity index (χ0v) is 8.15. The predicted molar refractivity (Wildman–Crippen MR) is 43.2 cm³/mol. The van der Waals surface area contributed by atoms with Crippen molar-refractivity contribution in [3.63, 3.8) is 0 Å². The van der Waals surface area contributed by atoms with Crippen molar-refractivity contribution in [1.29, 1.82) is 0 Å². The molecule has 0 heterocycles. The van der Waals surface area contributed by atoms with Crippen LogP contribution >= 0.6 is 0 Å². The summed E-state index contributed by atoms with van der Waals surface area (Å²) in [6.07, 6.45) is 1.65. The van der Waals surface area contributed by atoms with Gasteiger partial charge in [0.2, 0.25) is 0 Å². The maximum Gasteiger partial charge on any atom is 0.0675 e. The lowest BCUT2D eigenvalue weighted by Gasteiger charge is -2.14. The lowest BCUT2D eigenvalue weighted by molar-refractivity contribution is -0.849. The molecule has 0 unspecified atom stereocenters. The fourth-order valence-corrected chi connectivity index (χ4v) is 0. The summed E-state index contributed by atoms with van der Waals surface area (Å²) in [4.78, 5) is 0. The number of rotatable bonds is 1. The summed E-state index contributed by atoms with van der Waals surface area (Å²) in [7, 11) is 8.50. The largest absolute Gasteiger partial charge is 1.00 e. The van der Waals surface area contributed by atoms with E-state index in [0.717, 1.165) is 4.48 Å². The van der Waals surface area contributed by atoms with Gasteiger partial charge in [-0.2, -0.15) is 0 Å². The molecule has 2 N–H and O–H groups in total. The number of quaternary nitrogens is 1. The van der Waals surface area contributed by atoms with Crippen LogP contribution in [-0.2, 0) is 0 Å². The number of hydrogen-bond acceptors (Lipinski definition) is 1. The number of nitrogens with two attached hydrogens (primary N) is 1. The Morgan fingerprint density at radius 1 is 1.30 bits per heavy atom. The van der Waals surface area contributed by atoms with E-state index >= 15 is 0 Å². The van der Waals surface area contributed by atoms with E-state index in [0.29, 0.717) is 6.54 Å². The van der Waals surface area contributed by atoms with Gasteiger partial charge in [0.15, 0.2) is 0 Å². The number of halogens is 1. The molecular weight excluding hydrogens is 148 g/mol. The molecule has 0 saturated carbocycles. The van der Waals surface area contributed by atoms with Crippen LogP contribution in [0, 0.1) is 0 Å². The molecule has 0 aromatic carbocycles. The van der Waals surface area contributed by atoms with Crippen LogP contribution in [0.1, 0.15) is 0 Å². The molecule has 0 bridgehead atoms. The van der Waals surface area contributed by atoms with Crippen LogP contribution in [0.25, 0.3) is 0 Å². The maximum absolute atomic E-state index is 4.91. The van der Waals surface area contributed by atoms with E-state index in [4.69, 9.17) is 5.73 Å². The highest BCUT2D eigenvalue weighted by atomic mass is 35.5. The lowest BCUT2D eigenvalue weighted by atomic mass is 10.7. The molecule has 2 nitrogen and oxygen atoms in total. The molecule has 0 rings (SSSR count). The topological polar surface area (TPSA) is 26.0 Å². The minimum atomic E-state index is 0. The Bertz CT molecular complexity index is 60.5. The first-order valence-corrected chi connectivity index (χ1v) is 3.01. The Hall–Kier alpha value is -0.0500. The van der Waals surface area contributed by atoms with Crippen molar-refractivity contribution in [1.82, 2.24) is 0 Å². The number of nitrogens with zero attached hydrogens (tertiary/aromatic N) is 1. The normalized spacial score (nSPS) is 8.50. The van der Waals surface area contributed by atoms with Crippen molar-refractivity contribution >= 4 is 0 Å². The van der Waals surface area contributed by atoms with E-state index < -0.39 is 0 Å². The van der Waals surface area contributed by atoms with Crippen molar-refractivity contribution in [2.75, 3.05) is 34.7 Å².